The molecule has 0 N–H and O–H groups in total. The summed E-state index contributed by atoms with van der Waals surface area (Å²) in [5.74, 6) is 0.922. The van der Waals surface area contributed by atoms with Crippen LogP contribution in [0.4, 0.5) is 4.39 Å². The second-order valence-corrected chi connectivity index (χ2v) is 5.87. The lowest BCUT2D eigenvalue weighted by Crippen LogP contribution is -2.19. The lowest BCUT2D eigenvalue weighted by atomic mass is 10.1. The Morgan fingerprint density at radius 2 is 1.78 bits per heavy atom. The summed E-state index contributed by atoms with van der Waals surface area (Å²) in [4.78, 5) is 17.4. The van der Waals surface area contributed by atoms with Crippen molar-refractivity contribution >= 4 is 5.65 Å². The molecule has 27 heavy (non-hydrogen) atoms. The molecule has 4 aromatic rings. The Bertz CT molecular complexity index is 1180. The van der Waals surface area contributed by atoms with E-state index in [0.717, 1.165) is 0 Å². The molecule has 0 bridgehead atoms. The van der Waals surface area contributed by atoms with Gasteiger partial charge in [-0.3, -0.25) is 9.36 Å². The molecule has 0 fully saturated rings. The molecule has 4 rings (SSSR count). The Hall–Kier alpha value is -3.61. The summed E-state index contributed by atoms with van der Waals surface area (Å²) in [6, 6.07) is 11.1. The number of methoxy groups -OCH3 is 2. The summed E-state index contributed by atoms with van der Waals surface area (Å²) in [6.45, 7) is 0. The molecular formula is C20H16FN3O3. The van der Waals surface area contributed by atoms with Crippen molar-refractivity contribution in [2.24, 2.45) is 0 Å². The van der Waals surface area contributed by atoms with Crippen LogP contribution in [-0.4, -0.2) is 28.2 Å². The zero-order valence-corrected chi connectivity index (χ0v) is 14.7. The fourth-order valence-electron chi connectivity index (χ4n) is 2.93. The average molecular weight is 365 g/mol. The molecule has 6 nitrogen and oxygen atoms in total. The van der Waals surface area contributed by atoms with Gasteiger partial charge in [0.15, 0.2) is 0 Å². The molecule has 0 saturated carbocycles. The van der Waals surface area contributed by atoms with E-state index in [-0.39, 0.29) is 17.0 Å². The van der Waals surface area contributed by atoms with Crippen molar-refractivity contribution in [1.29, 1.82) is 0 Å². The Morgan fingerprint density at radius 3 is 2.48 bits per heavy atom. The van der Waals surface area contributed by atoms with E-state index in [9.17, 15) is 9.18 Å². The molecule has 0 aliphatic carbocycles. The van der Waals surface area contributed by atoms with Crippen LogP contribution < -0.4 is 15.0 Å². The molecule has 2 heterocycles. The molecule has 0 aliphatic rings. The second kappa shape index (κ2) is 6.60. The number of nitrogens with zero attached hydrogens (tertiary/aromatic N) is 3. The van der Waals surface area contributed by atoms with Crippen molar-refractivity contribution in [3.63, 3.8) is 0 Å². The Balaban J connectivity index is 1.88. The zero-order chi connectivity index (χ0) is 19.0. The minimum absolute atomic E-state index is 0.252. The summed E-state index contributed by atoms with van der Waals surface area (Å²) in [6.07, 6.45) is 5.10. The third-order valence-corrected chi connectivity index (χ3v) is 4.31. The van der Waals surface area contributed by atoms with Crippen LogP contribution in [0.1, 0.15) is 0 Å². The van der Waals surface area contributed by atoms with Crippen LogP contribution >= 0.6 is 0 Å². The normalized spacial score (nSPS) is 10.9. The van der Waals surface area contributed by atoms with E-state index in [1.165, 1.54) is 16.7 Å². The smallest absolute Gasteiger partial charge is 0.298 e. The quantitative estimate of drug-likeness (QED) is 0.557. The van der Waals surface area contributed by atoms with Gasteiger partial charge in [-0.25, -0.2) is 9.37 Å². The Morgan fingerprint density at radius 1 is 1.00 bits per heavy atom. The van der Waals surface area contributed by atoms with Crippen LogP contribution in [0.2, 0.25) is 0 Å². The highest BCUT2D eigenvalue weighted by Crippen LogP contribution is 2.32. The number of ether oxygens (including phenoxy) is 2. The van der Waals surface area contributed by atoms with Gasteiger partial charge in [0.1, 0.15) is 17.3 Å². The van der Waals surface area contributed by atoms with Crippen molar-refractivity contribution in [2.45, 2.75) is 0 Å². The third kappa shape index (κ3) is 2.93. The van der Waals surface area contributed by atoms with Crippen LogP contribution in [0, 0.1) is 5.82 Å². The molecule has 7 heteroatoms. The minimum atomic E-state index is -0.360. The van der Waals surface area contributed by atoms with Gasteiger partial charge in [-0.05, 0) is 42.5 Å². The maximum absolute atomic E-state index is 13.2. The summed E-state index contributed by atoms with van der Waals surface area (Å²) in [5.41, 5.74) is 1.80. The first kappa shape index (κ1) is 16.8. The lowest BCUT2D eigenvalue weighted by molar-refractivity contribution is 0.404. The largest absolute Gasteiger partial charge is 0.497 e. The maximum Gasteiger partial charge on any atom is 0.298 e. The molecule has 0 spiro atoms. The fourth-order valence-corrected chi connectivity index (χ4v) is 2.93. The van der Waals surface area contributed by atoms with E-state index in [1.54, 1.807) is 67.5 Å². The minimum Gasteiger partial charge on any atom is -0.497 e. The first-order valence-corrected chi connectivity index (χ1v) is 8.19. The van der Waals surface area contributed by atoms with E-state index in [1.807, 2.05) is 0 Å². The predicted molar refractivity (Wildman–Crippen MR) is 99.3 cm³/mol. The maximum atomic E-state index is 13.2. The van der Waals surface area contributed by atoms with Crippen molar-refractivity contribution < 1.29 is 13.9 Å². The van der Waals surface area contributed by atoms with Crippen molar-refractivity contribution in [2.75, 3.05) is 14.2 Å². The highest BCUT2D eigenvalue weighted by Gasteiger charge is 2.14. The monoisotopic (exact) mass is 365 g/mol. The van der Waals surface area contributed by atoms with E-state index >= 15 is 0 Å². The van der Waals surface area contributed by atoms with Gasteiger partial charge in [0.25, 0.3) is 5.56 Å². The number of rotatable bonds is 4. The molecule has 2 aromatic carbocycles. The molecule has 0 radical (unpaired) electrons. The summed E-state index contributed by atoms with van der Waals surface area (Å²) in [5, 5.41) is 0. The topological polar surface area (TPSA) is 57.8 Å². The third-order valence-electron chi connectivity index (χ3n) is 4.31. The number of halogens is 1. The van der Waals surface area contributed by atoms with E-state index in [0.29, 0.717) is 28.4 Å². The number of hydrogen-bond acceptors (Lipinski definition) is 4. The number of hydrogen-bond donors (Lipinski definition) is 0. The predicted octanol–water partition coefficient (Wildman–Crippen LogP) is 3.31. The SMILES string of the molecule is COc1ccc(OC)c(-c2cn3ccn(-c4ccc(F)cc4)c(=O)c3n2)c1. The highest BCUT2D eigenvalue weighted by molar-refractivity contribution is 5.70. The summed E-state index contributed by atoms with van der Waals surface area (Å²) < 4.78 is 26.9. The zero-order valence-electron chi connectivity index (χ0n) is 14.7. The molecule has 0 aliphatic heterocycles. The molecule has 0 saturated heterocycles. The van der Waals surface area contributed by atoms with Gasteiger partial charge < -0.3 is 13.9 Å². The number of fused-ring (bicyclic) bond motifs is 1. The second-order valence-electron chi connectivity index (χ2n) is 5.87. The first-order chi connectivity index (χ1) is 13.1. The standard InChI is InChI=1S/C20H16FN3O3/c1-26-15-7-8-18(27-2)16(11-15)17-12-23-9-10-24(20(25)19(23)22-17)14-5-3-13(21)4-6-14/h3-12H,1-2H3. The van der Waals surface area contributed by atoms with E-state index in [2.05, 4.69) is 4.98 Å². The van der Waals surface area contributed by atoms with Crippen molar-refractivity contribution in [1.82, 2.24) is 14.0 Å². The Kier molecular flexibility index (Phi) is 4.12. The Labute approximate surface area is 154 Å². The van der Waals surface area contributed by atoms with E-state index in [4.69, 9.17) is 9.47 Å². The van der Waals surface area contributed by atoms with Gasteiger partial charge in [0.05, 0.1) is 19.9 Å². The van der Waals surface area contributed by atoms with Crippen LogP contribution in [0.25, 0.3) is 22.6 Å². The number of imidazole rings is 1. The summed E-state index contributed by atoms with van der Waals surface area (Å²) in [7, 11) is 3.15. The molecular weight excluding hydrogens is 349 g/mol. The molecule has 0 amide bonds. The number of aromatic nitrogens is 3. The van der Waals surface area contributed by atoms with Gasteiger partial charge in [0.2, 0.25) is 5.65 Å². The van der Waals surface area contributed by atoms with Crippen LogP contribution in [0.3, 0.4) is 0 Å². The molecule has 0 unspecified atom stereocenters. The van der Waals surface area contributed by atoms with Gasteiger partial charge in [0, 0.05) is 29.8 Å². The first-order valence-electron chi connectivity index (χ1n) is 8.19. The van der Waals surface area contributed by atoms with Crippen LogP contribution in [0.15, 0.2) is 65.8 Å². The van der Waals surface area contributed by atoms with Gasteiger partial charge in [-0.2, -0.15) is 0 Å². The van der Waals surface area contributed by atoms with E-state index < -0.39 is 0 Å². The number of benzene rings is 2. The van der Waals surface area contributed by atoms with Crippen LogP contribution in [0.5, 0.6) is 11.5 Å². The van der Waals surface area contributed by atoms with Crippen molar-refractivity contribution in [3.8, 4) is 28.4 Å². The highest BCUT2D eigenvalue weighted by atomic mass is 19.1. The molecule has 136 valence electrons. The van der Waals surface area contributed by atoms with Crippen LogP contribution in [-0.2, 0) is 0 Å². The van der Waals surface area contributed by atoms with Gasteiger partial charge >= 0.3 is 0 Å². The lowest BCUT2D eigenvalue weighted by Gasteiger charge is -2.08. The van der Waals surface area contributed by atoms with Gasteiger partial charge in [-0.15, -0.1) is 0 Å². The van der Waals surface area contributed by atoms with Gasteiger partial charge in [-0.1, -0.05) is 0 Å². The molecule has 0 atom stereocenters. The summed E-state index contributed by atoms with van der Waals surface area (Å²) >= 11 is 0. The fraction of sp³-hybridized carbons (Fsp3) is 0.100. The molecule has 2 aromatic heterocycles. The van der Waals surface area contributed by atoms with Crippen molar-refractivity contribution in [3.05, 3.63) is 77.2 Å². The average Bonchev–Trinajstić information content (AvgIpc) is 3.14.